The summed E-state index contributed by atoms with van der Waals surface area (Å²) in [6, 6.07) is 8.81. The fourth-order valence-corrected chi connectivity index (χ4v) is 3.17. The Bertz CT molecular complexity index is 682. The van der Waals surface area contributed by atoms with Gasteiger partial charge in [0.05, 0.1) is 17.3 Å². The Hall–Kier alpha value is -1.53. The molecular formula is C15H14Br2N2O2. The number of amides is 1. The lowest BCUT2D eigenvalue weighted by Gasteiger charge is -2.11. The molecule has 6 heteroatoms. The normalized spacial score (nSPS) is 10.3. The smallest absolute Gasteiger partial charge is 0.255 e. The molecule has 0 heterocycles. The number of hydrogen-bond donors (Lipinski definition) is 2. The topological polar surface area (TPSA) is 64.3 Å². The SMILES string of the molecule is COc1cc(NC(=O)c2cc(C)cc(N)c2)c(Br)cc1Br. The van der Waals surface area contributed by atoms with Crippen molar-refractivity contribution >= 4 is 49.1 Å². The molecule has 0 fully saturated rings. The number of nitrogens with one attached hydrogen (secondary N) is 1. The van der Waals surface area contributed by atoms with Gasteiger partial charge in [-0.15, -0.1) is 0 Å². The number of methoxy groups -OCH3 is 1. The van der Waals surface area contributed by atoms with Gasteiger partial charge < -0.3 is 15.8 Å². The van der Waals surface area contributed by atoms with Gasteiger partial charge in [0.2, 0.25) is 0 Å². The van der Waals surface area contributed by atoms with Crippen molar-refractivity contribution < 1.29 is 9.53 Å². The zero-order valence-electron chi connectivity index (χ0n) is 11.5. The van der Waals surface area contributed by atoms with E-state index >= 15 is 0 Å². The maximum atomic E-state index is 12.3. The summed E-state index contributed by atoms with van der Waals surface area (Å²) < 4.78 is 6.78. The zero-order valence-corrected chi connectivity index (χ0v) is 14.7. The van der Waals surface area contributed by atoms with Gasteiger partial charge in [0.15, 0.2) is 0 Å². The van der Waals surface area contributed by atoms with Gasteiger partial charge >= 0.3 is 0 Å². The third kappa shape index (κ3) is 3.77. The number of benzene rings is 2. The van der Waals surface area contributed by atoms with E-state index in [1.165, 1.54) is 0 Å². The molecule has 0 saturated carbocycles. The quantitative estimate of drug-likeness (QED) is 0.734. The molecule has 1 amide bonds. The highest BCUT2D eigenvalue weighted by Crippen LogP contribution is 2.34. The number of halogens is 2. The second kappa shape index (κ2) is 6.49. The molecule has 0 aromatic heterocycles. The first-order chi connectivity index (χ1) is 9.90. The Morgan fingerprint density at radius 3 is 2.48 bits per heavy atom. The van der Waals surface area contributed by atoms with Crippen LogP contribution >= 0.6 is 31.9 Å². The summed E-state index contributed by atoms with van der Waals surface area (Å²) in [6.07, 6.45) is 0. The average molecular weight is 414 g/mol. The van der Waals surface area contributed by atoms with E-state index in [-0.39, 0.29) is 5.91 Å². The molecule has 0 radical (unpaired) electrons. The van der Waals surface area contributed by atoms with Crippen molar-refractivity contribution in [2.24, 2.45) is 0 Å². The molecular weight excluding hydrogens is 400 g/mol. The maximum absolute atomic E-state index is 12.3. The third-order valence-corrected chi connectivity index (χ3v) is 4.13. The van der Waals surface area contributed by atoms with E-state index in [1.807, 2.05) is 19.1 Å². The molecule has 2 aromatic carbocycles. The second-order valence-corrected chi connectivity index (χ2v) is 6.26. The van der Waals surface area contributed by atoms with Crippen LogP contribution in [-0.2, 0) is 0 Å². The Morgan fingerprint density at radius 1 is 1.14 bits per heavy atom. The molecule has 0 aliphatic heterocycles. The van der Waals surface area contributed by atoms with Crippen molar-refractivity contribution in [3.05, 3.63) is 50.4 Å². The Balaban J connectivity index is 2.31. The number of aryl methyl sites for hydroxylation is 1. The summed E-state index contributed by atoms with van der Waals surface area (Å²) in [5, 5.41) is 2.84. The Labute approximate surface area is 139 Å². The van der Waals surface area contributed by atoms with E-state index in [2.05, 4.69) is 37.2 Å². The molecule has 3 N–H and O–H groups in total. The minimum atomic E-state index is -0.226. The van der Waals surface area contributed by atoms with E-state index in [0.717, 1.165) is 14.5 Å². The number of rotatable bonds is 3. The van der Waals surface area contributed by atoms with Gasteiger partial charge in [-0.1, -0.05) is 0 Å². The lowest BCUT2D eigenvalue weighted by Crippen LogP contribution is -2.13. The van der Waals surface area contributed by atoms with Crippen molar-refractivity contribution in [3.8, 4) is 5.75 Å². The fourth-order valence-electron chi connectivity index (χ4n) is 1.92. The van der Waals surface area contributed by atoms with E-state index in [9.17, 15) is 4.79 Å². The van der Waals surface area contributed by atoms with Crippen molar-refractivity contribution in [2.45, 2.75) is 6.92 Å². The predicted molar refractivity (Wildman–Crippen MR) is 91.9 cm³/mol. The predicted octanol–water partition coefficient (Wildman–Crippen LogP) is 4.36. The Morgan fingerprint density at radius 2 is 1.86 bits per heavy atom. The van der Waals surface area contributed by atoms with Crippen LogP contribution in [0.25, 0.3) is 0 Å². The number of carbonyl (C=O) groups is 1. The van der Waals surface area contributed by atoms with Crippen LogP contribution in [-0.4, -0.2) is 13.0 Å². The molecule has 0 aliphatic rings. The first-order valence-corrected chi connectivity index (χ1v) is 7.71. The maximum Gasteiger partial charge on any atom is 0.255 e. The summed E-state index contributed by atoms with van der Waals surface area (Å²) in [5.74, 6) is 0.410. The zero-order chi connectivity index (χ0) is 15.6. The molecule has 2 aromatic rings. The molecule has 0 aliphatic carbocycles. The molecule has 2 rings (SSSR count). The molecule has 0 spiro atoms. The number of ether oxygens (including phenoxy) is 1. The van der Waals surface area contributed by atoms with Crippen LogP contribution in [0, 0.1) is 6.92 Å². The summed E-state index contributed by atoms with van der Waals surface area (Å²) in [4.78, 5) is 12.3. The van der Waals surface area contributed by atoms with Crippen LogP contribution in [0.15, 0.2) is 39.3 Å². The second-order valence-electron chi connectivity index (χ2n) is 4.55. The summed E-state index contributed by atoms with van der Waals surface area (Å²) >= 11 is 6.80. The van der Waals surface area contributed by atoms with Crippen molar-refractivity contribution in [2.75, 3.05) is 18.2 Å². The molecule has 21 heavy (non-hydrogen) atoms. The number of nitrogens with two attached hydrogens (primary N) is 1. The first kappa shape index (κ1) is 15.9. The van der Waals surface area contributed by atoms with Crippen LogP contribution in [0.5, 0.6) is 5.75 Å². The van der Waals surface area contributed by atoms with Gasteiger partial charge in [0.25, 0.3) is 5.91 Å². The summed E-state index contributed by atoms with van der Waals surface area (Å²) in [5.41, 5.74) is 8.41. The Kier molecular flexibility index (Phi) is 4.90. The van der Waals surface area contributed by atoms with Gasteiger partial charge in [-0.3, -0.25) is 4.79 Å². The highest BCUT2D eigenvalue weighted by Gasteiger charge is 2.12. The van der Waals surface area contributed by atoms with Crippen LogP contribution in [0.4, 0.5) is 11.4 Å². The number of nitrogen functional groups attached to an aromatic ring is 1. The summed E-state index contributed by atoms with van der Waals surface area (Å²) in [7, 11) is 1.57. The molecule has 0 unspecified atom stereocenters. The van der Waals surface area contributed by atoms with Gasteiger partial charge in [0.1, 0.15) is 5.75 Å². The lowest BCUT2D eigenvalue weighted by atomic mass is 10.1. The molecule has 0 saturated heterocycles. The minimum Gasteiger partial charge on any atom is -0.495 e. The van der Waals surface area contributed by atoms with Crippen LogP contribution in [0.2, 0.25) is 0 Å². The minimum absolute atomic E-state index is 0.226. The lowest BCUT2D eigenvalue weighted by molar-refractivity contribution is 0.102. The molecule has 4 nitrogen and oxygen atoms in total. The number of anilines is 2. The summed E-state index contributed by atoms with van der Waals surface area (Å²) in [6.45, 7) is 1.89. The monoisotopic (exact) mass is 412 g/mol. The average Bonchev–Trinajstić information content (AvgIpc) is 2.40. The van der Waals surface area contributed by atoms with E-state index in [4.69, 9.17) is 10.5 Å². The largest absolute Gasteiger partial charge is 0.495 e. The van der Waals surface area contributed by atoms with Crippen LogP contribution in [0.3, 0.4) is 0 Å². The van der Waals surface area contributed by atoms with Gasteiger partial charge in [-0.05, 0) is 68.6 Å². The van der Waals surface area contributed by atoms with Crippen molar-refractivity contribution in [3.63, 3.8) is 0 Å². The van der Waals surface area contributed by atoms with Crippen LogP contribution < -0.4 is 15.8 Å². The van der Waals surface area contributed by atoms with E-state index in [1.54, 1.807) is 25.3 Å². The highest BCUT2D eigenvalue weighted by molar-refractivity contribution is 9.11. The van der Waals surface area contributed by atoms with Crippen molar-refractivity contribution in [1.82, 2.24) is 0 Å². The highest BCUT2D eigenvalue weighted by atomic mass is 79.9. The molecule has 0 atom stereocenters. The van der Waals surface area contributed by atoms with Gasteiger partial charge in [0, 0.05) is 21.8 Å². The molecule has 0 bridgehead atoms. The number of carbonyl (C=O) groups excluding carboxylic acids is 1. The third-order valence-electron chi connectivity index (χ3n) is 2.85. The van der Waals surface area contributed by atoms with Crippen molar-refractivity contribution in [1.29, 1.82) is 0 Å². The van der Waals surface area contributed by atoms with E-state index in [0.29, 0.717) is 22.7 Å². The molecule has 110 valence electrons. The van der Waals surface area contributed by atoms with Crippen LogP contribution in [0.1, 0.15) is 15.9 Å². The van der Waals surface area contributed by atoms with E-state index < -0.39 is 0 Å². The van der Waals surface area contributed by atoms with Gasteiger partial charge in [-0.25, -0.2) is 0 Å². The fraction of sp³-hybridized carbons (Fsp3) is 0.133. The first-order valence-electron chi connectivity index (χ1n) is 6.12. The number of hydrogen-bond acceptors (Lipinski definition) is 3. The van der Waals surface area contributed by atoms with Gasteiger partial charge in [-0.2, -0.15) is 0 Å². The standard InChI is InChI=1S/C15H14Br2N2O2/c1-8-3-9(5-10(18)4-8)15(20)19-13-7-14(21-2)12(17)6-11(13)16/h3-7H,18H2,1-2H3,(H,19,20).